The van der Waals surface area contributed by atoms with Crippen molar-refractivity contribution in [2.75, 3.05) is 13.1 Å². The summed E-state index contributed by atoms with van der Waals surface area (Å²) in [6.45, 7) is 7.73. The summed E-state index contributed by atoms with van der Waals surface area (Å²) in [5.41, 5.74) is 3.78. The zero-order chi connectivity index (χ0) is 16.2. The van der Waals surface area contributed by atoms with Crippen LogP contribution in [-0.2, 0) is 16.1 Å². The fraction of sp³-hybridized carbons (Fsp3) is 0.632. The quantitative estimate of drug-likeness (QED) is 0.791. The first-order valence-corrected chi connectivity index (χ1v) is 8.63. The van der Waals surface area contributed by atoms with Crippen LogP contribution in [0.4, 0.5) is 4.79 Å². The van der Waals surface area contributed by atoms with E-state index in [4.69, 9.17) is 9.47 Å². The second kappa shape index (κ2) is 5.23. The Morgan fingerprint density at radius 1 is 1.22 bits per heavy atom. The molecule has 1 amide bonds. The third-order valence-electron chi connectivity index (χ3n) is 5.02. The number of hydrogen-bond acceptors (Lipinski definition) is 3. The van der Waals surface area contributed by atoms with E-state index in [1.165, 1.54) is 29.5 Å². The van der Waals surface area contributed by atoms with Gasteiger partial charge in [-0.3, -0.25) is 0 Å². The zero-order valence-corrected chi connectivity index (χ0v) is 14.2. The van der Waals surface area contributed by atoms with Crippen molar-refractivity contribution in [3.05, 3.63) is 34.9 Å². The number of rotatable bonds is 1. The van der Waals surface area contributed by atoms with Gasteiger partial charge in [-0.2, -0.15) is 0 Å². The van der Waals surface area contributed by atoms with Crippen molar-refractivity contribution < 1.29 is 14.3 Å². The molecule has 0 radical (unpaired) electrons. The van der Waals surface area contributed by atoms with Crippen LogP contribution in [0.25, 0.3) is 0 Å². The van der Waals surface area contributed by atoms with Gasteiger partial charge in [-0.1, -0.05) is 18.2 Å². The first kappa shape index (κ1) is 15.0. The number of amides is 1. The first-order chi connectivity index (χ1) is 10.9. The molecule has 1 saturated heterocycles. The van der Waals surface area contributed by atoms with E-state index in [0.717, 1.165) is 5.92 Å². The second-order valence-corrected chi connectivity index (χ2v) is 8.03. The van der Waals surface area contributed by atoms with Crippen LogP contribution in [0.5, 0.6) is 0 Å². The number of nitrogens with zero attached hydrogens (tertiary/aromatic N) is 1. The van der Waals surface area contributed by atoms with Crippen LogP contribution in [0, 0.1) is 0 Å². The third-order valence-corrected chi connectivity index (χ3v) is 5.02. The lowest BCUT2D eigenvalue weighted by molar-refractivity contribution is 0.0124. The molecule has 2 aliphatic heterocycles. The van der Waals surface area contributed by atoms with Gasteiger partial charge in [0.25, 0.3) is 0 Å². The highest BCUT2D eigenvalue weighted by Gasteiger charge is 2.42. The molecule has 2 atom stereocenters. The third kappa shape index (κ3) is 2.85. The molecule has 23 heavy (non-hydrogen) atoms. The Hall–Kier alpha value is -1.55. The summed E-state index contributed by atoms with van der Waals surface area (Å²) in [6, 6.07) is 6.64. The van der Waals surface area contributed by atoms with Crippen LogP contribution in [0.15, 0.2) is 18.2 Å². The SMILES string of the molecule is CC(C)(C)OC(=O)N1CC2OCc3c(C4CC4)cccc3C2C1. The predicted molar refractivity (Wildman–Crippen MR) is 87.5 cm³/mol. The van der Waals surface area contributed by atoms with E-state index in [-0.39, 0.29) is 18.1 Å². The highest BCUT2D eigenvalue weighted by Crippen LogP contribution is 2.46. The number of carbonyl (C=O) groups is 1. The summed E-state index contributed by atoms with van der Waals surface area (Å²) < 4.78 is 11.6. The van der Waals surface area contributed by atoms with Gasteiger partial charge in [0.05, 0.1) is 19.3 Å². The van der Waals surface area contributed by atoms with E-state index in [1.807, 2.05) is 20.8 Å². The lowest BCUT2D eigenvalue weighted by Crippen LogP contribution is -2.36. The summed E-state index contributed by atoms with van der Waals surface area (Å²) in [4.78, 5) is 14.2. The van der Waals surface area contributed by atoms with E-state index < -0.39 is 5.60 Å². The minimum Gasteiger partial charge on any atom is -0.444 e. The normalized spacial score (nSPS) is 26.7. The predicted octanol–water partition coefficient (Wildman–Crippen LogP) is 3.80. The van der Waals surface area contributed by atoms with Crippen LogP contribution in [-0.4, -0.2) is 35.8 Å². The van der Waals surface area contributed by atoms with Gasteiger partial charge in [-0.15, -0.1) is 0 Å². The summed E-state index contributed by atoms with van der Waals surface area (Å²) in [6.07, 6.45) is 2.48. The molecule has 0 spiro atoms. The van der Waals surface area contributed by atoms with E-state index >= 15 is 0 Å². The molecule has 0 N–H and O–H groups in total. The minimum atomic E-state index is -0.456. The van der Waals surface area contributed by atoms with Gasteiger partial charge in [0.15, 0.2) is 0 Å². The highest BCUT2D eigenvalue weighted by atomic mass is 16.6. The molecule has 1 aromatic rings. The average molecular weight is 315 g/mol. The van der Waals surface area contributed by atoms with Crippen LogP contribution >= 0.6 is 0 Å². The molecule has 1 aromatic carbocycles. The van der Waals surface area contributed by atoms with Crippen molar-refractivity contribution in [2.24, 2.45) is 0 Å². The fourth-order valence-electron chi connectivity index (χ4n) is 3.82. The summed E-state index contributed by atoms with van der Waals surface area (Å²) in [7, 11) is 0. The van der Waals surface area contributed by atoms with Crippen molar-refractivity contribution in [3.8, 4) is 0 Å². The van der Waals surface area contributed by atoms with Gasteiger partial charge in [0, 0.05) is 12.5 Å². The number of hydrogen-bond donors (Lipinski definition) is 0. The molecule has 1 aliphatic carbocycles. The second-order valence-electron chi connectivity index (χ2n) is 8.03. The molecule has 4 heteroatoms. The van der Waals surface area contributed by atoms with E-state index in [9.17, 15) is 4.79 Å². The van der Waals surface area contributed by atoms with Crippen molar-refractivity contribution >= 4 is 6.09 Å². The molecule has 4 rings (SSSR count). The van der Waals surface area contributed by atoms with Gasteiger partial charge >= 0.3 is 6.09 Å². The molecule has 2 heterocycles. The molecular formula is C19H25NO3. The van der Waals surface area contributed by atoms with Gasteiger partial charge in [0.1, 0.15) is 5.60 Å². The van der Waals surface area contributed by atoms with Gasteiger partial charge < -0.3 is 14.4 Å². The van der Waals surface area contributed by atoms with Crippen molar-refractivity contribution in [3.63, 3.8) is 0 Å². The minimum absolute atomic E-state index is 0.101. The molecule has 0 bridgehead atoms. The Bertz CT molecular complexity index is 630. The first-order valence-electron chi connectivity index (χ1n) is 8.63. The Morgan fingerprint density at radius 2 is 1.96 bits per heavy atom. The van der Waals surface area contributed by atoms with E-state index in [1.54, 1.807) is 4.90 Å². The Balaban J connectivity index is 1.56. The van der Waals surface area contributed by atoms with Crippen molar-refractivity contribution in [2.45, 2.75) is 63.8 Å². The number of benzene rings is 1. The topological polar surface area (TPSA) is 38.8 Å². The lowest BCUT2D eigenvalue weighted by atomic mass is 9.86. The molecule has 1 saturated carbocycles. The van der Waals surface area contributed by atoms with Crippen LogP contribution in [0.1, 0.15) is 62.1 Å². The summed E-state index contributed by atoms with van der Waals surface area (Å²) in [5, 5.41) is 0. The maximum Gasteiger partial charge on any atom is 0.410 e. The number of fused-ring (bicyclic) bond motifs is 3. The highest BCUT2D eigenvalue weighted by molar-refractivity contribution is 5.69. The van der Waals surface area contributed by atoms with Gasteiger partial charge in [-0.25, -0.2) is 4.79 Å². The molecule has 0 aromatic heterocycles. The van der Waals surface area contributed by atoms with Crippen molar-refractivity contribution in [1.82, 2.24) is 4.90 Å². The maximum atomic E-state index is 12.3. The fourth-order valence-corrected chi connectivity index (χ4v) is 3.82. The average Bonchev–Trinajstić information content (AvgIpc) is 3.22. The van der Waals surface area contributed by atoms with Gasteiger partial charge in [-0.05, 0) is 56.2 Å². The standard InChI is InChI=1S/C19H25NO3/c1-19(2,3)23-18(21)20-9-15-14-6-4-5-13(12-7-8-12)16(14)11-22-17(15)10-20/h4-6,12,15,17H,7-11H2,1-3H3. The van der Waals surface area contributed by atoms with Crippen molar-refractivity contribution in [1.29, 1.82) is 0 Å². The molecule has 2 unspecified atom stereocenters. The largest absolute Gasteiger partial charge is 0.444 e. The van der Waals surface area contributed by atoms with Crippen LogP contribution < -0.4 is 0 Å². The molecule has 4 nitrogen and oxygen atoms in total. The smallest absolute Gasteiger partial charge is 0.410 e. The van der Waals surface area contributed by atoms with Crippen LogP contribution in [0.3, 0.4) is 0 Å². The molecule has 3 aliphatic rings. The van der Waals surface area contributed by atoms with Crippen LogP contribution in [0.2, 0.25) is 0 Å². The van der Waals surface area contributed by atoms with E-state index in [2.05, 4.69) is 18.2 Å². The summed E-state index contributed by atoms with van der Waals surface area (Å²) in [5.74, 6) is 1.01. The number of carbonyl (C=O) groups excluding carboxylic acids is 1. The Morgan fingerprint density at radius 3 is 2.65 bits per heavy atom. The Kier molecular flexibility index (Phi) is 3.41. The zero-order valence-electron chi connectivity index (χ0n) is 14.2. The van der Waals surface area contributed by atoms with Gasteiger partial charge in [0.2, 0.25) is 0 Å². The monoisotopic (exact) mass is 315 g/mol. The number of likely N-dealkylation sites (tertiary alicyclic amines) is 1. The molecule has 2 fully saturated rings. The summed E-state index contributed by atoms with van der Waals surface area (Å²) >= 11 is 0. The maximum absolute atomic E-state index is 12.3. The van der Waals surface area contributed by atoms with E-state index in [0.29, 0.717) is 19.7 Å². The Labute approximate surface area is 137 Å². The molecule has 124 valence electrons. The molecular weight excluding hydrogens is 290 g/mol. The lowest BCUT2D eigenvalue weighted by Gasteiger charge is -2.29. The number of ether oxygens (including phenoxy) is 2.